The fourth-order valence-electron chi connectivity index (χ4n) is 2.03. The Hall–Kier alpha value is -2.49. The lowest BCUT2D eigenvalue weighted by Gasteiger charge is -1.97. The highest BCUT2D eigenvalue weighted by molar-refractivity contribution is 5.79. The van der Waals surface area contributed by atoms with Gasteiger partial charge in [-0.2, -0.15) is 0 Å². The van der Waals surface area contributed by atoms with E-state index in [1.165, 1.54) is 0 Å². The molecule has 4 nitrogen and oxygen atoms in total. The van der Waals surface area contributed by atoms with Crippen LogP contribution in [0.4, 0.5) is 5.82 Å². The maximum atomic E-state index is 5.79. The van der Waals surface area contributed by atoms with E-state index in [0.29, 0.717) is 12.2 Å². The summed E-state index contributed by atoms with van der Waals surface area (Å²) in [5.41, 5.74) is 7.49. The molecule has 2 heterocycles. The standard InChI is InChI=1S/C15H14N2O2/c1-18-12-3-4-14-11(7-12)8-13(19-14)6-10-2-5-15(16)17-9-10/h2-5,7-9H,6H2,1H3,(H2,16,17). The molecule has 0 spiro atoms. The first-order valence-electron chi connectivity index (χ1n) is 6.01. The van der Waals surface area contributed by atoms with E-state index in [1.54, 1.807) is 19.4 Å². The number of rotatable bonds is 3. The van der Waals surface area contributed by atoms with Gasteiger partial charge in [0.2, 0.25) is 0 Å². The molecule has 0 unspecified atom stereocenters. The van der Waals surface area contributed by atoms with Crippen LogP contribution in [0.3, 0.4) is 0 Å². The average molecular weight is 254 g/mol. The van der Waals surface area contributed by atoms with Crippen molar-refractivity contribution < 1.29 is 9.15 Å². The van der Waals surface area contributed by atoms with E-state index in [4.69, 9.17) is 14.9 Å². The van der Waals surface area contributed by atoms with Crippen LogP contribution in [0.25, 0.3) is 11.0 Å². The molecule has 2 aromatic heterocycles. The molecule has 0 fully saturated rings. The van der Waals surface area contributed by atoms with Gasteiger partial charge < -0.3 is 14.9 Å². The van der Waals surface area contributed by atoms with Crippen molar-refractivity contribution in [2.45, 2.75) is 6.42 Å². The maximum absolute atomic E-state index is 5.79. The van der Waals surface area contributed by atoms with E-state index >= 15 is 0 Å². The van der Waals surface area contributed by atoms with Crippen LogP contribution in [0, 0.1) is 0 Å². The zero-order valence-electron chi connectivity index (χ0n) is 10.6. The lowest BCUT2D eigenvalue weighted by molar-refractivity contribution is 0.415. The molecule has 0 aliphatic heterocycles. The summed E-state index contributed by atoms with van der Waals surface area (Å²) in [6.45, 7) is 0. The number of pyridine rings is 1. The van der Waals surface area contributed by atoms with E-state index in [2.05, 4.69) is 4.98 Å². The fourth-order valence-corrected chi connectivity index (χ4v) is 2.03. The van der Waals surface area contributed by atoms with Crippen molar-refractivity contribution in [3.63, 3.8) is 0 Å². The number of furan rings is 1. The van der Waals surface area contributed by atoms with Crippen LogP contribution in [-0.4, -0.2) is 12.1 Å². The number of nitrogen functional groups attached to an aromatic ring is 1. The Morgan fingerprint density at radius 2 is 2.11 bits per heavy atom. The zero-order valence-corrected chi connectivity index (χ0v) is 10.6. The normalized spacial score (nSPS) is 10.8. The molecule has 4 heteroatoms. The molecule has 3 aromatic rings. The number of nitrogens with two attached hydrogens (primary N) is 1. The van der Waals surface area contributed by atoms with Crippen molar-refractivity contribution in [3.05, 3.63) is 53.9 Å². The van der Waals surface area contributed by atoms with Gasteiger partial charge in [0, 0.05) is 18.0 Å². The molecule has 0 bridgehead atoms. The molecule has 0 amide bonds. The third-order valence-electron chi connectivity index (χ3n) is 3.00. The number of ether oxygens (including phenoxy) is 1. The topological polar surface area (TPSA) is 61.3 Å². The zero-order chi connectivity index (χ0) is 13.2. The molecule has 2 N–H and O–H groups in total. The van der Waals surface area contributed by atoms with Crippen LogP contribution in [0.15, 0.2) is 47.0 Å². The van der Waals surface area contributed by atoms with Gasteiger partial charge in [0.1, 0.15) is 22.9 Å². The summed E-state index contributed by atoms with van der Waals surface area (Å²) in [4.78, 5) is 4.07. The summed E-state index contributed by atoms with van der Waals surface area (Å²) < 4.78 is 11.0. The minimum Gasteiger partial charge on any atom is -0.497 e. The SMILES string of the molecule is COc1ccc2oc(Cc3ccc(N)nc3)cc2c1. The van der Waals surface area contributed by atoms with Gasteiger partial charge in [-0.15, -0.1) is 0 Å². The molecule has 0 saturated heterocycles. The van der Waals surface area contributed by atoms with Crippen molar-refractivity contribution in [2.75, 3.05) is 12.8 Å². The first kappa shape index (κ1) is 11.6. The van der Waals surface area contributed by atoms with Crippen molar-refractivity contribution in [1.29, 1.82) is 0 Å². The predicted molar refractivity (Wildman–Crippen MR) is 74.2 cm³/mol. The molecule has 0 aliphatic rings. The quantitative estimate of drug-likeness (QED) is 0.780. The smallest absolute Gasteiger partial charge is 0.134 e. The number of methoxy groups -OCH3 is 1. The number of hydrogen-bond donors (Lipinski definition) is 1. The number of anilines is 1. The monoisotopic (exact) mass is 254 g/mol. The third-order valence-corrected chi connectivity index (χ3v) is 3.00. The van der Waals surface area contributed by atoms with E-state index in [0.717, 1.165) is 28.0 Å². The van der Waals surface area contributed by atoms with E-state index in [1.807, 2.05) is 30.3 Å². The van der Waals surface area contributed by atoms with Gasteiger partial charge >= 0.3 is 0 Å². The first-order chi connectivity index (χ1) is 9.24. The molecular weight excluding hydrogens is 240 g/mol. The van der Waals surface area contributed by atoms with Crippen molar-refractivity contribution in [1.82, 2.24) is 4.98 Å². The number of benzene rings is 1. The maximum Gasteiger partial charge on any atom is 0.134 e. The average Bonchev–Trinajstić information content (AvgIpc) is 2.82. The molecule has 0 aliphatic carbocycles. The Bertz CT molecular complexity index is 702. The first-order valence-corrected chi connectivity index (χ1v) is 6.01. The molecule has 0 saturated carbocycles. The van der Waals surface area contributed by atoms with Crippen LogP contribution >= 0.6 is 0 Å². The number of nitrogens with zero attached hydrogens (tertiary/aromatic N) is 1. The second kappa shape index (κ2) is 4.65. The van der Waals surface area contributed by atoms with Gasteiger partial charge in [-0.3, -0.25) is 0 Å². The summed E-state index contributed by atoms with van der Waals surface area (Å²) in [5, 5.41) is 1.04. The van der Waals surface area contributed by atoms with Gasteiger partial charge in [-0.1, -0.05) is 6.07 Å². The lowest BCUT2D eigenvalue weighted by Crippen LogP contribution is -1.91. The molecule has 1 aromatic carbocycles. The van der Waals surface area contributed by atoms with Crippen LogP contribution in [0.1, 0.15) is 11.3 Å². The second-order valence-electron chi connectivity index (χ2n) is 4.38. The largest absolute Gasteiger partial charge is 0.497 e. The van der Waals surface area contributed by atoms with E-state index < -0.39 is 0 Å². The number of fused-ring (bicyclic) bond motifs is 1. The molecular formula is C15H14N2O2. The van der Waals surface area contributed by atoms with Gasteiger partial charge in [0.25, 0.3) is 0 Å². The third kappa shape index (κ3) is 2.38. The highest BCUT2D eigenvalue weighted by atomic mass is 16.5. The van der Waals surface area contributed by atoms with Crippen molar-refractivity contribution in [2.24, 2.45) is 0 Å². The van der Waals surface area contributed by atoms with Crippen LogP contribution in [0.2, 0.25) is 0 Å². The van der Waals surface area contributed by atoms with Crippen LogP contribution < -0.4 is 10.5 Å². The predicted octanol–water partition coefficient (Wildman–Crippen LogP) is 3.01. The molecule has 0 atom stereocenters. The Morgan fingerprint density at radius 1 is 1.21 bits per heavy atom. The summed E-state index contributed by atoms with van der Waals surface area (Å²) in [5.74, 6) is 2.25. The van der Waals surface area contributed by atoms with Crippen LogP contribution in [-0.2, 0) is 6.42 Å². The molecule has 96 valence electrons. The summed E-state index contributed by atoms with van der Waals surface area (Å²) >= 11 is 0. The van der Waals surface area contributed by atoms with Crippen LogP contribution in [0.5, 0.6) is 5.75 Å². The van der Waals surface area contributed by atoms with Gasteiger partial charge in [-0.05, 0) is 35.9 Å². The van der Waals surface area contributed by atoms with Gasteiger partial charge in [-0.25, -0.2) is 4.98 Å². The Balaban J connectivity index is 1.90. The summed E-state index contributed by atoms with van der Waals surface area (Å²) in [7, 11) is 1.65. The Kier molecular flexibility index (Phi) is 2.83. The summed E-state index contributed by atoms with van der Waals surface area (Å²) in [6, 6.07) is 11.5. The Morgan fingerprint density at radius 3 is 2.84 bits per heavy atom. The number of aromatic nitrogens is 1. The minimum atomic E-state index is 0.526. The highest BCUT2D eigenvalue weighted by Crippen LogP contribution is 2.25. The van der Waals surface area contributed by atoms with Gasteiger partial charge in [0.15, 0.2) is 0 Å². The minimum absolute atomic E-state index is 0.526. The van der Waals surface area contributed by atoms with Gasteiger partial charge in [0.05, 0.1) is 7.11 Å². The summed E-state index contributed by atoms with van der Waals surface area (Å²) in [6.07, 6.45) is 2.47. The fraction of sp³-hybridized carbons (Fsp3) is 0.133. The van der Waals surface area contributed by atoms with E-state index in [9.17, 15) is 0 Å². The molecule has 19 heavy (non-hydrogen) atoms. The number of hydrogen-bond acceptors (Lipinski definition) is 4. The molecule has 3 rings (SSSR count). The lowest BCUT2D eigenvalue weighted by atomic mass is 10.1. The van der Waals surface area contributed by atoms with Crippen molar-refractivity contribution in [3.8, 4) is 5.75 Å². The molecule has 0 radical (unpaired) electrons. The Labute approximate surface area is 110 Å². The second-order valence-corrected chi connectivity index (χ2v) is 4.38. The van der Waals surface area contributed by atoms with E-state index in [-0.39, 0.29) is 0 Å². The highest BCUT2D eigenvalue weighted by Gasteiger charge is 2.06. The van der Waals surface area contributed by atoms with Crippen molar-refractivity contribution >= 4 is 16.8 Å².